The summed E-state index contributed by atoms with van der Waals surface area (Å²) in [6, 6.07) is 9.37. The molecule has 1 heterocycles. The fourth-order valence-electron chi connectivity index (χ4n) is 3.09. The van der Waals surface area contributed by atoms with E-state index in [-0.39, 0.29) is 16.8 Å². The number of β-amino-alcohol motifs (C(OH)–C–C–N with tert-alkyl or cyclic N) is 1. The molecule has 1 aliphatic rings. The highest BCUT2D eigenvalue weighted by Crippen LogP contribution is 2.29. The van der Waals surface area contributed by atoms with Crippen LogP contribution in [0, 0.1) is 5.82 Å². The number of nitrogens with one attached hydrogen (secondary N) is 1. The van der Waals surface area contributed by atoms with Crippen molar-refractivity contribution in [1.82, 2.24) is 5.32 Å². The highest BCUT2D eigenvalue weighted by atomic mass is 19.1. The molecule has 3 rings (SSSR count). The first kappa shape index (κ1) is 18.0. The minimum atomic E-state index is -0.871. The number of aliphatic hydroxyl groups is 1. The molecule has 0 aromatic heterocycles. The smallest absolute Gasteiger partial charge is 0.250 e. The first-order valence-electron chi connectivity index (χ1n) is 8.35. The van der Waals surface area contributed by atoms with Gasteiger partial charge in [0.25, 0.3) is 5.91 Å². The molecule has 0 radical (unpaired) electrons. The molecule has 0 spiro atoms. The number of aliphatic imine (C=N–C) groups is 1. The van der Waals surface area contributed by atoms with Crippen molar-refractivity contribution in [2.24, 2.45) is 10.7 Å². The normalized spacial score (nSPS) is 20.4. The van der Waals surface area contributed by atoms with E-state index in [2.05, 4.69) is 10.3 Å². The van der Waals surface area contributed by atoms with Gasteiger partial charge < -0.3 is 21.9 Å². The van der Waals surface area contributed by atoms with Crippen LogP contribution in [0.4, 0.5) is 15.8 Å². The number of amides is 1. The van der Waals surface area contributed by atoms with Crippen molar-refractivity contribution in [2.75, 3.05) is 18.8 Å². The van der Waals surface area contributed by atoms with Crippen LogP contribution in [0.3, 0.4) is 0 Å². The molecular weight excluding hydrogens is 335 g/mol. The second-order valence-electron chi connectivity index (χ2n) is 6.44. The topological polar surface area (TPSA) is 114 Å². The molecule has 1 aliphatic heterocycles. The van der Waals surface area contributed by atoms with Gasteiger partial charge in [-0.2, -0.15) is 0 Å². The van der Waals surface area contributed by atoms with Crippen molar-refractivity contribution in [3.8, 4) is 0 Å². The summed E-state index contributed by atoms with van der Waals surface area (Å²) in [5.41, 5.74) is 11.9. The monoisotopic (exact) mass is 356 g/mol. The zero-order valence-electron chi connectivity index (χ0n) is 14.2. The predicted octanol–water partition coefficient (Wildman–Crippen LogP) is 1.83. The highest BCUT2D eigenvalue weighted by molar-refractivity contribution is 6.02. The van der Waals surface area contributed by atoms with Gasteiger partial charge in [0.05, 0.1) is 16.9 Å². The van der Waals surface area contributed by atoms with Gasteiger partial charge in [0.15, 0.2) is 0 Å². The number of anilines is 1. The maximum Gasteiger partial charge on any atom is 0.250 e. The van der Waals surface area contributed by atoms with Crippen molar-refractivity contribution >= 4 is 23.5 Å². The van der Waals surface area contributed by atoms with E-state index in [9.17, 15) is 14.3 Å². The van der Waals surface area contributed by atoms with E-state index in [1.54, 1.807) is 12.1 Å². The summed E-state index contributed by atoms with van der Waals surface area (Å²) in [6.45, 7) is 1.43. The van der Waals surface area contributed by atoms with Crippen LogP contribution in [-0.2, 0) is 5.60 Å². The van der Waals surface area contributed by atoms with Crippen molar-refractivity contribution in [3.63, 3.8) is 0 Å². The van der Waals surface area contributed by atoms with E-state index >= 15 is 0 Å². The van der Waals surface area contributed by atoms with Gasteiger partial charge in [0.1, 0.15) is 11.4 Å². The summed E-state index contributed by atoms with van der Waals surface area (Å²) in [5, 5.41) is 13.9. The van der Waals surface area contributed by atoms with Crippen LogP contribution in [-0.4, -0.2) is 30.3 Å². The quantitative estimate of drug-likeness (QED) is 0.494. The second-order valence-corrected chi connectivity index (χ2v) is 6.44. The Labute approximate surface area is 150 Å². The molecule has 1 saturated heterocycles. The molecule has 0 bridgehead atoms. The Kier molecular flexibility index (Phi) is 5.01. The Morgan fingerprint density at radius 2 is 2.04 bits per heavy atom. The molecular formula is C19H21FN4O2. The number of benzene rings is 2. The van der Waals surface area contributed by atoms with Crippen molar-refractivity contribution < 1.29 is 14.3 Å². The van der Waals surface area contributed by atoms with E-state index < -0.39 is 17.3 Å². The number of nitrogens with zero attached hydrogens (tertiary/aromatic N) is 1. The number of halogens is 1. The summed E-state index contributed by atoms with van der Waals surface area (Å²) < 4.78 is 13.6. The summed E-state index contributed by atoms with van der Waals surface area (Å²) in [4.78, 5) is 15.6. The number of primary amides is 1. The van der Waals surface area contributed by atoms with E-state index in [1.807, 2.05) is 12.1 Å². The Bertz CT molecular complexity index is 843. The Balaban J connectivity index is 1.82. The van der Waals surface area contributed by atoms with E-state index in [0.29, 0.717) is 18.7 Å². The third kappa shape index (κ3) is 3.74. The van der Waals surface area contributed by atoms with Gasteiger partial charge in [-0.05, 0) is 49.2 Å². The number of hydrogen-bond donors (Lipinski definition) is 4. The lowest BCUT2D eigenvalue weighted by Gasteiger charge is -2.33. The molecule has 0 saturated carbocycles. The Hall–Kier alpha value is -2.77. The molecule has 1 amide bonds. The van der Waals surface area contributed by atoms with Crippen LogP contribution in [0.5, 0.6) is 0 Å². The molecule has 6 N–H and O–H groups in total. The SMILES string of the molecule is NC(=O)c1cc(F)cc(C=Nc2ccc(C3(O)CCCNC3)cc2)c1N. The first-order valence-corrected chi connectivity index (χ1v) is 8.35. The second kappa shape index (κ2) is 7.23. The number of carbonyl (C=O) groups excluding carboxylic acids is 1. The van der Waals surface area contributed by atoms with E-state index in [1.165, 1.54) is 12.3 Å². The Morgan fingerprint density at radius 1 is 1.31 bits per heavy atom. The maximum absolute atomic E-state index is 13.6. The molecule has 26 heavy (non-hydrogen) atoms. The summed E-state index contributed by atoms with van der Waals surface area (Å²) in [5.74, 6) is -1.41. The van der Waals surface area contributed by atoms with Crippen LogP contribution in [0.25, 0.3) is 0 Å². The van der Waals surface area contributed by atoms with E-state index in [4.69, 9.17) is 11.5 Å². The van der Waals surface area contributed by atoms with Gasteiger partial charge in [-0.1, -0.05) is 12.1 Å². The van der Waals surface area contributed by atoms with Crippen molar-refractivity contribution in [2.45, 2.75) is 18.4 Å². The lowest BCUT2D eigenvalue weighted by molar-refractivity contribution is 0.0123. The highest BCUT2D eigenvalue weighted by Gasteiger charge is 2.30. The maximum atomic E-state index is 13.6. The number of nitrogens with two attached hydrogens (primary N) is 2. The van der Waals surface area contributed by atoms with Gasteiger partial charge >= 0.3 is 0 Å². The van der Waals surface area contributed by atoms with Crippen molar-refractivity contribution in [3.05, 3.63) is 58.9 Å². The number of rotatable bonds is 4. The third-order valence-electron chi connectivity index (χ3n) is 4.56. The fraction of sp³-hybridized carbons (Fsp3) is 0.263. The largest absolute Gasteiger partial charge is 0.398 e. The first-order chi connectivity index (χ1) is 12.4. The van der Waals surface area contributed by atoms with Crippen LogP contribution >= 0.6 is 0 Å². The predicted molar refractivity (Wildman–Crippen MR) is 99.0 cm³/mol. The van der Waals surface area contributed by atoms with Gasteiger partial charge in [0, 0.05) is 18.3 Å². The van der Waals surface area contributed by atoms with Gasteiger partial charge in [-0.15, -0.1) is 0 Å². The van der Waals surface area contributed by atoms with Gasteiger partial charge in [-0.25, -0.2) is 4.39 Å². The molecule has 1 unspecified atom stereocenters. The molecule has 2 aromatic rings. The summed E-state index contributed by atoms with van der Waals surface area (Å²) >= 11 is 0. The zero-order chi connectivity index (χ0) is 18.7. The molecule has 7 heteroatoms. The fourth-order valence-corrected chi connectivity index (χ4v) is 3.09. The average Bonchev–Trinajstić information content (AvgIpc) is 2.63. The van der Waals surface area contributed by atoms with Gasteiger partial charge in [0.2, 0.25) is 0 Å². The minimum Gasteiger partial charge on any atom is -0.398 e. The summed E-state index contributed by atoms with van der Waals surface area (Å²) in [7, 11) is 0. The van der Waals surface area contributed by atoms with Gasteiger partial charge in [-0.3, -0.25) is 9.79 Å². The molecule has 2 aromatic carbocycles. The Morgan fingerprint density at radius 3 is 2.65 bits per heavy atom. The molecule has 6 nitrogen and oxygen atoms in total. The zero-order valence-corrected chi connectivity index (χ0v) is 14.2. The number of nitrogen functional groups attached to an aromatic ring is 1. The molecule has 1 fully saturated rings. The molecule has 1 atom stereocenters. The average molecular weight is 356 g/mol. The molecule has 136 valence electrons. The van der Waals surface area contributed by atoms with Crippen molar-refractivity contribution in [1.29, 1.82) is 0 Å². The van der Waals surface area contributed by atoms with Crippen LogP contribution in [0.1, 0.15) is 34.3 Å². The third-order valence-corrected chi connectivity index (χ3v) is 4.56. The van der Waals surface area contributed by atoms with Crippen LogP contribution in [0.15, 0.2) is 41.4 Å². The van der Waals surface area contributed by atoms with Crippen LogP contribution < -0.4 is 16.8 Å². The summed E-state index contributed by atoms with van der Waals surface area (Å²) in [6.07, 6.45) is 3.01. The molecule has 0 aliphatic carbocycles. The minimum absolute atomic E-state index is 0.0752. The van der Waals surface area contributed by atoms with Crippen LogP contribution in [0.2, 0.25) is 0 Å². The van der Waals surface area contributed by atoms with E-state index in [0.717, 1.165) is 24.6 Å². The number of hydrogen-bond acceptors (Lipinski definition) is 5. The lowest BCUT2D eigenvalue weighted by atomic mass is 9.87. The lowest BCUT2D eigenvalue weighted by Crippen LogP contribution is -2.43. The number of piperidine rings is 1. The number of carbonyl (C=O) groups is 1. The standard InChI is InChI=1S/C19H21FN4O2/c20-14-8-12(17(21)16(9-14)18(22)25)10-24-15-4-2-13(3-5-15)19(26)6-1-7-23-11-19/h2-5,8-10,23,26H,1,6-7,11,21H2,(H2,22,25).